The summed E-state index contributed by atoms with van der Waals surface area (Å²) >= 11 is -0.826. The molecule has 0 aliphatic heterocycles. The molecule has 0 fully saturated rings. The molecule has 0 aliphatic rings. The summed E-state index contributed by atoms with van der Waals surface area (Å²) in [5, 5.41) is 8.01. The number of halogens is 2. The zero-order valence-electron chi connectivity index (χ0n) is 29.5. The molecule has 0 spiro atoms. The minimum absolute atomic E-state index is 0.204. The molecule has 0 aromatic heterocycles. The van der Waals surface area contributed by atoms with E-state index < -0.39 is 20.8 Å². The van der Waals surface area contributed by atoms with Gasteiger partial charge in [0.05, 0.1) is 0 Å². The van der Waals surface area contributed by atoms with Crippen molar-refractivity contribution in [2.24, 2.45) is 0 Å². The second kappa shape index (κ2) is 17.8. The Morgan fingerprint density at radius 1 is 0.625 bits per heavy atom. The molecule has 0 N–H and O–H groups in total. The first-order chi connectivity index (χ1) is 23.0. The van der Waals surface area contributed by atoms with Gasteiger partial charge >= 0.3 is 37.9 Å². The molecule has 0 aliphatic carbocycles. The van der Waals surface area contributed by atoms with Gasteiger partial charge in [-0.3, -0.25) is 0 Å². The van der Waals surface area contributed by atoms with E-state index in [1.807, 2.05) is 0 Å². The topological polar surface area (TPSA) is 0 Å². The zero-order valence-corrected chi connectivity index (χ0v) is 34.4. The Kier molecular flexibility index (Phi) is 14.1. The van der Waals surface area contributed by atoms with E-state index in [9.17, 15) is 0 Å². The maximum atomic E-state index is 4.93. The molecule has 0 saturated carbocycles. The van der Waals surface area contributed by atoms with E-state index in [4.69, 9.17) is 17.0 Å². The zero-order chi connectivity index (χ0) is 34.8. The van der Waals surface area contributed by atoms with Gasteiger partial charge in [0.15, 0.2) is 0 Å². The van der Waals surface area contributed by atoms with E-state index >= 15 is 0 Å². The molecule has 7 aromatic rings. The van der Waals surface area contributed by atoms with Crippen LogP contribution in [0.25, 0.3) is 54.6 Å². The fourth-order valence-electron chi connectivity index (χ4n) is 6.07. The van der Waals surface area contributed by atoms with Crippen molar-refractivity contribution in [2.75, 3.05) is 0 Å². The molecule has 0 bridgehead atoms. The Hall–Kier alpha value is -2.74. The Morgan fingerprint density at radius 3 is 1.73 bits per heavy atom. The van der Waals surface area contributed by atoms with Crippen LogP contribution in [0.1, 0.15) is 57.2 Å². The van der Waals surface area contributed by atoms with Gasteiger partial charge in [-0.2, -0.15) is 12.1 Å². The van der Waals surface area contributed by atoms with Crippen LogP contribution in [0.15, 0.2) is 127 Å². The number of aryl methyl sites for hydroxylation is 1. The van der Waals surface area contributed by atoms with Gasteiger partial charge in [-0.15, -0.1) is 69.1 Å². The van der Waals surface area contributed by atoms with Crippen molar-refractivity contribution in [3.05, 3.63) is 144 Å². The Bertz CT molecular complexity index is 2030. The third-order valence-corrected chi connectivity index (χ3v) is 8.48. The number of rotatable bonds is 3. The predicted octanol–water partition coefficient (Wildman–Crippen LogP) is 14.5. The molecule has 7 aromatic carbocycles. The van der Waals surface area contributed by atoms with Crippen LogP contribution in [-0.4, -0.2) is 9.52 Å². The van der Waals surface area contributed by atoms with Gasteiger partial charge in [0.1, 0.15) is 0 Å². The summed E-state index contributed by atoms with van der Waals surface area (Å²) in [7, 11) is 11.0. The quantitative estimate of drug-likeness (QED) is 0.124. The summed E-state index contributed by atoms with van der Waals surface area (Å²) in [5.41, 5.74) is 9.63. The molecule has 0 nitrogen and oxygen atoms in total. The number of hydrogen-bond donors (Lipinski definition) is 0. The van der Waals surface area contributed by atoms with E-state index in [-0.39, 0.29) is 5.41 Å². The summed E-state index contributed by atoms with van der Waals surface area (Å²) in [6.07, 6.45) is 0. The van der Waals surface area contributed by atoms with Crippen LogP contribution in [0, 0.1) is 6.92 Å². The SMILES string of the molecule is CC(C)c1cc2c(-c3ccc(C(C)(C)C)cc3)cccc2[cH-]1.C[Si]C.Cc1cc2c(-c3cccc4ccccc34)cccc2[cH-]1.[Cl][Zr+2][Cl]. The van der Waals surface area contributed by atoms with Gasteiger partial charge in [-0.05, 0) is 38.8 Å². The molecule has 4 heteroatoms. The van der Waals surface area contributed by atoms with Crippen LogP contribution in [0.3, 0.4) is 0 Å². The fourth-order valence-corrected chi connectivity index (χ4v) is 6.07. The first-order valence-corrected chi connectivity index (χ1v) is 24.8. The molecule has 48 heavy (non-hydrogen) atoms. The van der Waals surface area contributed by atoms with Crippen molar-refractivity contribution in [1.29, 1.82) is 0 Å². The van der Waals surface area contributed by atoms with Gasteiger partial charge in [0.2, 0.25) is 0 Å². The van der Waals surface area contributed by atoms with Gasteiger partial charge in [0.25, 0.3) is 0 Å². The molecule has 0 atom stereocenters. The Morgan fingerprint density at radius 2 is 1.12 bits per heavy atom. The van der Waals surface area contributed by atoms with Crippen molar-refractivity contribution >= 4 is 58.9 Å². The fraction of sp³-hybridized carbons (Fsp3) is 0.227. The van der Waals surface area contributed by atoms with Crippen LogP contribution < -0.4 is 0 Å². The summed E-state index contributed by atoms with van der Waals surface area (Å²) in [6.45, 7) is 17.8. The summed E-state index contributed by atoms with van der Waals surface area (Å²) in [4.78, 5) is 0. The summed E-state index contributed by atoms with van der Waals surface area (Å²) in [6, 6.07) is 46.6. The third kappa shape index (κ3) is 9.48. The van der Waals surface area contributed by atoms with Crippen molar-refractivity contribution in [3.63, 3.8) is 0 Å². The van der Waals surface area contributed by atoms with Crippen molar-refractivity contribution in [1.82, 2.24) is 0 Å². The molecule has 7 rings (SSSR count). The van der Waals surface area contributed by atoms with Crippen LogP contribution in [0.2, 0.25) is 13.1 Å². The monoisotopic (exact) mass is 762 g/mol. The first-order valence-electron chi connectivity index (χ1n) is 16.5. The van der Waals surface area contributed by atoms with Gasteiger partial charge in [0, 0.05) is 9.52 Å². The van der Waals surface area contributed by atoms with E-state index in [1.54, 1.807) is 0 Å². The van der Waals surface area contributed by atoms with E-state index in [2.05, 4.69) is 182 Å². The van der Waals surface area contributed by atoms with Crippen molar-refractivity contribution < 1.29 is 20.8 Å². The normalized spacial score (nSPS) is 10.9. The van der Waals surface area contributed by atoms with Gasteiger partial charge < -0.3 is 0 Å². The minimum atomic E-state index is -0.826. The Labute approximate surface area is 309 Å². The van der Waals surface area contributed by atoms with Gasteiger partial charge in [-0.25, -0.2) is 0 Å². The van der Waals surface area contributed by atoms with E-state index in [1.165, 1.54) is 71.3 Å². The van der Waals surface area contributed by atoms with Crippen molar-refractivity contribution in [3.8, 4) is 22.3 Å². The van der Waals surface area contributed by atoms with Crippen LogP contribution in [0.4, 0.5) is 0 Å². The molecule has 0 heterocycles. The molecule has 0 saturated heterocycles. The average Bonchev–Trinajstić information content (AvgIpc) is 3.69. The number of benzene rings is 5. The third-order valence-electron chi connectivity index (χ3n) is 8.48. The van der Waals surface area contributed by atoms with Crippen molar-refractivity contribution in [2.45, 2.75) is 66.0 Å². The first kappa shape index (κ1) is 38.1. The average molecular weight is 765 g/mol. The van der Waals surface area contributed by atoms with E-state index in [0.29, 0.717) is 5.92 Å². The molecule has 0 unspecified atom stereocenters. The number of fused-ring (bicyclic) bond motifs is 3. The maximum absolute atomic E-state index is 4.93. The summed E-state index contributed by atoms with van der Waals surface area (Å²) < 4.78 is 0. The van der Waals surface area contributed by atoms with Crippen LogP contribution >= 0.6 is 17.0 Å². The molecular weight excluding hydrogens is 719 g/mol. The Balaban J connectivity index is 0.000000187. The van der Waals surface area contributed by atoms with Crippen LogP contribution in [0.5, 0.6) is 0 Å². The van der Waals surface area contributed by atoms with Gasteiger partial charge in [-0.1, -0.05) is 145 Å². The second-order valence-corrected chi connectivity index (χ2v) is 18.3. The molecule has 0 amide bonds. The standard InChI is InChI=1S/C22H25.C20H15.C2H6Si.2ClH.Zr/c1-15(2)18-13-17-7-6-8-20(21(17)14-18)16-9-11-19(12-10-16)22(3,4)5;1-14-12-16-8-5-11-19(20(16)13-14)18-10-4-7-15-6-2-3-9-17(15)18;1-3-2;;;/h6-15H,1-5H3;2-13H,1H3;1-2H3;2*1H;/q2*-1;;;;+4/p-2. The van der Waals surface area contributed by atoms with E-state index in [0.717, 1.165) is 9.52 Å². The molecular formula is C44H46Cl2SiZr. The molecule has 2 radical (unpaired) electrons. The van der Waals surface area contributed by atoms with Crippen LogP contribution in [-0.2, 0) is 26.3 Å². The summed E-state index contributed by atoms with van der Waals surface area (Å²) in [5.74, 6) is 0.573. The number of hydrogen-bond acceptors (Lipinski definition) is 0. The predicted molar refractivity (Wildman–Crippen MR) is 214 cm³/mol. The molecule has 244 valence electrons. The second-order valence-electron chi connectivity index (χ2n) is 13.5.